The third kappa shape index (κ3) is 4.00. The molecule has 0 N–H and O–H groups in total. The first kappa shape index (κ1) is 13.3. The largest absolute Gasteiger partial charge is 0.378 e. The Morgan fingerprint density at radius 2 is 1.75 bits per heavy atom. The lowest BCUT2D eigenvalue weighted by molar-refractivity contribution is 0.237. The zero-order valence-corrected chi connectivity index (χ0v) is 12.1. The van der Waals surface area contributed by atoms with Crippen LogP contribution in [0.15, 0.2) is 24.3 Å². The SMILES string of the molecule is CN(CCc1ccc(N(C)C)cc1)C(=O)I. The molecule has 1 amide bonds. The number of likely N-dealkylation sites (N-methyl/N-ethyl adjacent to an activating group) is 1. The second kappa shape index (κ2) is 6.08. The summed E-state index contributed by atoms with van der Waals surface area (Å²) in [6.07, 6.45) is 0.902. The molecule has 0 fully saturated rings. The second-order valence-corrected chi connectivity index (χ2v) is 4.91. The van der Waals surface area contributed by atoms with Gasteiger partial charge in [-0.05, 0) is 24.1 Å². The van der Waals surface area contributed by atoms with Gasteiger partial charge in [0.1, 0.15) is 0 Å². The Kier molecular flexibility index (Phi) is 5.05. The number of carbonyl (C=O) groups excluding carboxylic acids is 1. The maximum atomic E-state index is 11.0. The van der Waals surface area contributed by atoms with Crippen LogP contribution in [-0.2, 0) is 6.42 Å². The first-order valence-corrected chi connectivity index (χ1v) is 6.25. The Balaban J connectivity index is 2.52. The highest BCUT2D eigenvalue weighted by Gasteiger charge is 2.03. The lowest BCUT2D eigenvalue weighted by atomic mass is 10.1. The highest BCUT2D eigenvalue weighted by atomic mass is 127. The summed E-state index contributed by atoms with van der Waals surface area (Å²) in [5.74, 6) is 0. The van der Waals surface area contributed by atoms with Gasteiger partial charge in [-0.15, -0.1) is 0 Å². The maximum Gasteiger partial charge on any atom is 0.282 e. The molecule has 0 aliphatic carbocycles. The fraction of sp³-hybridized carbons (Fsp3) is 0.417. The van der Waals surface area contributed by atoms with Gasteiger partial charge < -0.3 is 9.80 Å². The van der Waals surface area contributed by atoms with Gasteiger partial charge in [0.25, 0.3) is 3.91 Å². The van der Waals surface area contributed by atoms with Crippen molar-refractivity contribution in [2.24, 2.45) is 0 Å². The van der Waals surface area contributed by atoms with E-state index < -0.39 is 0 Å². The van der Waals surface area contributed by atoms with Crippen molar-refractivity contribution in [3.05, 3.63) is 29.8 Å². The standard InChI is InChI=1S/C12H17IN2O/c1-14(2)11-6-4-10(5-7-11)8-9-15(3)12(13)16/h4-7H,8-9H2,1-3H3. The van der Waals surface area contributed by atoms with E-state index in [1.807, 2.05) is 21.1 Å². The molecule has 0 atom stereocenters. The minimum Gasteiger partial charge on any atom is -0.378 e. The molecule has 16 heavy (non-hydrogen) atoms. The lowest BCUT2D eigenvalue weighted by Crippen LogP contribution is -2.23. The molecule has 0 unspecified atom stereocenters. The van der Waals surface area contributed by atoms with Gasteiger partial charge in [-0.1, -0.05) is 12.1 Å². The van der Waals surface area contributed by atoms with Crippen LogP contribution in [0, 0.1) is 0 Å². The summed E-state index contributed by atoms with van der Waals surface area (Å²) in [6.45, 7) is 0.767. The number of carbonyl (C=O) groups is 1. The van der Waals surface area contributed by atoms with E-state index in [1.165, 1.54) is 11.3 Å². The molecule has 0 bridgehead atoms. The number of nitrogens with zero attached hydrogens (tertiary/aromatic N) is 2. The molecule has 0 saturated heterocycles. The van der Waals surface area contributed by atoms with Crippen LogP contribution in [0.5, 0.6) is 0 Å². The summed E-state index contributed by atoms with van der Waals surface area (Å²) in [6, 6.07) is 8.42. The summed E-state index contributed by atoms with van der Waals surface area (Å²) in [5.41, 5.74) is 2.46. The molecule has 3 nitrogen and oxygen atoms in total. The van der Waals surface area contributed by atoms with E-state index in [-0.39, 0.29) is 3.91 Å². The zero-order valence-electron chi connectivity index (χ0n) is 9.90. The molecule has 0 spiro atoms. The van der Waals surface area contributed by atoms with Gasteiger partial charge in [-0.3, -0.25) is 4.79 Å². The van der Waals surface area contributed by atoms with Crippen molar-refractivity contribution in [1.82, 2.24) is 4.90 Å². The fourth-order valence-electron chi connectivity index (χ4n) is 1.35. The molecule has 0 aliphatic heterocycles. The predicted molar refractivity (Wildman–Crippen MR) is 76.5 cm³/mol. The van der Waals surface area contributed by atoms with Gasteiger partial charge in [0.05, 0.1) is 0 Å². The van der Waals surface area contributed by atoms with Crippen LogP contribution in [0.3, 0.4) is 0 Å². The van der Waals surface area contributed by atoms with E-state index in [0.29, 0.717) is 0 Å². The van der Waals surface area contributed by atoms with Crippen molar-refractivity contribution in [3.8, 4) is 0 Å². The number of hydrogen-bond donors (Lipinski definition) is 0. The Morgan fingerprint density at radius 3 is 2.19 bits per heavy atom. The van der Waals surface area contributed by atoms with Crippen molar-refractivity contribution in [2.75, 3.05) is 32.6 Å². The number of rotatable bonds is 4. The lowest BCUT2D eigenvalue weighted by Gasteiger charge is -2.15. The van der Waals surface area contributed by atoms with E-state index in [1.54, 1.807) is 27.5 Å². The van der Waals surface area contributed by atoms with Crippen LogP contribution >= 0.6 is 22.6 Å². The Hall–Kier alpha value is -0.780. The smallest absolute Gasteiger partial charge is 0.282 e. The maximum absolute atomic E-state index is 11.0. The molecule has 1 aromatic carbocycles. The average Bonchev–Trinajstić information content (AvgIpc) is 2.26. The van der Waals surface area contributed by atoms with Crippen LogP contribution in [0.2, 0.25) is 0 Å². The topological polar surface area (TPSA) is 23.6 Å². The monoisotopic (exact) mass is 332 g/mol. The summed E-state index contributed by atoms with van der Waals surface area (Å²) < 4.78 is 0.0857. The molecule has 1 aromatic rings. The zero-order chi connectivity index (χ0) is 12.1. The Bertz CT molecular complexity index is 349. The minimum atomic E-state index is 0.0857. The normalized spacial score (nSPS) is 10.0. The van der Waals surface area contributed by atoms with E-state index in [9.17, 15) is 4.79 Å². The van der Waals surface area contributed by atoms with Crippen LogP contribution in [0.4, 0.5) is 10.5 Å². The Labute approximate surface area is 111 Å². The highest BCUT2D eigenvalue weighted by Crippen LogP contribution is 2.12. The minimum absolute atomic E-state index is 0.0857. The van der Waals surface area contributed by atoms with Gasteiger partial charge in [-0.2, -0.15) is 0 Å². The van der Waals surface area contributed by atoms with E-state index in [0.717, 1.165) is 13.0 Å². The number of hydrogen-bond acceptors (Lipinski definition) is 2. The van der Waals surface area contributed by atoms with Crippen LogP contribution in [0.25, 0.3) is 0 Å². The number of halogens is 1. The van der Waals surface area contributed by atoms with Crippen molar-refractivity contribution in [3.63, 3.8) is 0 Å². The van der Waals surface area contributed by atoms with Gasteiger partial charge in [0.15, 0.2) is 0 Å². The van der Waals surface area contributed by atoms with Gasteiger partial charge in [0.2, 0.25) is 0 Å². The molecule has 0 aromatic heterocycles. The molecular weight excluding hydrogens is 315 g/mol. The first-order chi connectivity index (χ1) is 7.50. The van der Waals surface area contributed by atoms with Gasteiger partial charge in [-0.25, -0.2) is 0 Å². The van der Waals surface area contributed by atoms with Crippen molar-refractivity contribution in [2.45, 2.75) is 6.42 Å². The first-order valence-electron chi connectivity index (χ1n) is 5.17. The van der Waals surface area contributed by atoms with Gasteiger partial charge >= 0.3 is 0 Å². The highest BCUT2D eigenvalue weighted by molar-refractivity contribution is 14.1. The molecule has 1 rings (SSSR count). The van der Waals surface area contributed by atoms with Crippen molar-refractivity contribution < 1.29 is 4.79 Å². The quantitative estimate of drug-likeness (QED) is 0.481. The summed E-state index contributed by atoms with van der Waals surface area (Å²) in [4.78, 5) is 14.8. The van der Waals surface area contributed by atoms with Crippen LogP contribution < -0.4 is 4.90 Å². The molecule has 0 saturated carbocycles. The third-order valence-electron chi connectivity index (χ3n) is 2.49. The second-order valence-electron chi connectivity index (χ2n) is 3.99. The van der Waals surface area contributed by atoms with Crippen molar-refractivity contribution in [1.29, 1.82) is 0 Å². The summed E-state index contributed by atoms with van der Waals surface area (Å²) >= 11 is 1.81. The molecule has 88 valence electrons. The fourth-order valence-corrected chi connectivity index (χ4v) is 1.59. The third-order valence-corrected chi connectivity index (χ3v) is 3.31. The molecular formula is C12H17IN2O. The molecule has 0 heterocycles. The van der Waals surface area contributed by atoms with E-state index in [4.69, 9.17) is 0 Å². The van der Waals surface area contributed by atoms with Crippen LogP contribution in [-0.4, -0.2) is 36.5 Å². The van der Waals surface area contributed by atoms with E-state index in [2.05, 4.69) is 29.2 Å². The molecule has 4 heteroatoms. The number of amides is 1. The number of benzene rings is 1. The average molecular weight is 332 g/mol. The molecule has 0 radical (unpaired) electrons. The molecule has 0 aliphatic rings. The van der Waals surface area contributed by atoms with Gasteiger partial charge in [0, 0.05) is 56.0 Å². The van der Waals surface area contributed by atoms with Crippen molar-refractivity contribution >= 4 is 32.2 Å². The summed E-state index contributed by atoms with van der Waals surface area (Å²) in [5, 5.41) is 0. The summed E-state index contributed by atoms with van der Waals surface area (Å²) in [7, 11) is 5.87. The Morgan fingerprint density at radius 1 is 1.19 bits per heavy atom. The van der Waals surface area contributed by atoms with Crippen LogP contribution in [0.1, 0.15) is 5.56 Å². The predicted octanol–water partition coefficient (Wildman–Crippen LogP) is 2.78. The number of anilines is 1. The van der Waals surface area contributed by atoms with E-state index >= 15 is 0 Å².